The second kappa shape index (κ2) is 4.28. The summed E-state index contributed by atoms with van der Waals surface area (Å²) in [5.74, 6) is 0.378. The molecule has 80 valence electrons. The second-order valence-corrected chi connectivity index (χ2v) is 4.27. The Kier molecular flexibility index (Phi) is 3.03. The highest BCUT2D eigenvalue weighted by Crippen LogP contribution is 2.17. The number of nitrogens with one attached hydrogen (secondary N) is 1. The predicted molar refractivity (Wildman–Crippen MR) is 52.8 cm³/mol. The fraction of sp³-hybridized carbons (Fsp3) is 0.900. The molecule has 0 spiro atoms. The summed E-state index contributed by atoms with van der Waals surface area (Å²) in [6, 6.07) is 0. The van der Waals surface area contributed by atoms with Gasteiger partial charge in [-0.2, -0.15) is 0 Å². The Hall–Kier alpha value is -0.610. The van der Waals surface area contributed by atoms with Crippen molar-refractivity contribution in [1.29, 1.82) is 0 Å². The SMILES string of the molecule is O=C(C1CCCNC1)N1CC[C@@H](O)C1. The van der Waals surface area contributed by atoms with Crippen LogP contribution < -0.4 is 5.32 Å². The summed E-state index contributed by atoms with van der Waals surface area (Å²) in [5, 5.41) is 12.6. The summed E-state index contributed by atoms with van der Waals surface area (Å²) < 4.78 is 0. The van der Waals surface area contributed by atoms with Crippen molar-refractivity contribution in [2.24, 2.45) is 5.92 Å². The van der Waals surface area contributed by atoms with E-state index in [-0.39, 0.29) is 17.9 Å². The van der Waals surface area contributed by atoms with Gasteiger partial charge >= 0.3 is 0 Å². The van der Waals surface area contributed by atoms with Crippen LogP contribution in [0.2, 0.25) is 0 Å². The molecule has 14 heavy (non-hydrogen) atoms. The third kappa shape index (κ3) is 2.07. The molecule has 0 bridgehead atoms. The van der Waals surface area contributed by atoms with Gasteiger partial charge in [0, 0.05) is 19.6 Å². The van der Waals surface area contributed by atoms with E-state index in [1.54, 1.807) is 0 Å². The van der Waals surface area contributed by atoms with Crippen molar-refractivity contribution in [3.63, 3.8) is 0 Å². The van der Waals surface area contributed by atoms with E-state index >= 15 is 0 Å². The van der Waals surface area contributed by atoms with Crippen molar-refractivity contribution in [3.05, 3.63) is 0 Å². The number of likely N-dealkylation sites (tertiary alicyclic amines) is 1. The summed E-state index contributed by atoms with van der Waals surface area (Å²) in [4.78, 5) is 13.7. The highest BCUT2D eigenvalue weighted by Gasteiger charge is 2.30. The van der Waals surface area contributed by atoms with Gasteiger partial charge in [0.25, 0.3) is 0 Å². The topological polar surface area (TPSA) is 52.6 Å². The van der Waals surface area contributed by atoms with Crippen molar-refractivity contribution in [2.45, 2.75) is 25.4 Å². The maximum Gasteiger partial charge on any atom is 0.227 e. The van der Waals surface area contributed by atoms with Crippen molar-refractivity contribution in [3.8, 4) is 0 Å². The van der Waals surface area contributed by atoms with Crippen LogP contribution in [0.25, 0.3) is 0 Å². The standard InChI is InChI=1S/C10H18N2O2/c13-9-3-5-12(7-9)10(14)8-2-1-4-11-6-8/h8-9,11,13H,1-7H2/t8?,9-/m1/s1. The van der Waals surface area contributed by atoms with Crippen LogP contribution in [-0.4, -0.2) is 48.2 Å². The number of nitrogens with zero attached hydrogens (tertiary/aromatic N) is 1. The zero-order valence-corrected chi connectivity index (χ0v) is 8.41. The highest BCUT2D eigenvalue weighted by atomic mass is 16.3. The van der Waals surface area contributed by atoms with Gasteiger partial charge in [-0.3, -0.25) is 4.79 Å². The molecule has 1 amide bonds. The van der Waals surface area contributed by atoms with E-state index in [0.717, 1.165) is 38.9 Å². The van der Waals surface area contributed by atoms with Crippen LogP contribution in [0.1, 0.15) is 19.3 Å². The fourth-order valence-corrected chi connectivity index (χ4v) is 2.26. The normalized spacial score (nSPS) is 33.4. The average Bonchev–Trinajstić information content (AvgIpc) is 2.65. The third-order valence-electron chi connectivity index (χ3n) is 3.12. The molecule has 1 unspecified atom stereocenters. The predicted octanol–water partition coefficient (Wildman–Crippen LogP) is -0.421. The third-order valence-corrected chi connectivity index (χ3v) is 3.12. The van der Waals surface area contributed by atoms with Gasteiger partial charge < -0.3 is 15.3 Å². The van der Waals surface area contributed by atoms with E-state index in [2.05, 4.69) is 5.32 Å². The van der Waals surface area contributed by atoms with E-state index in [9.17, 15) is 9.90 Å². The van der Waals surface area contributed by atoms with Gasteiger partial charge in [-0.25, -0.2) is 0 Å². The number of hydrogen-bond donors (Lipinski definition) is 2. The van der Waals surface area contributed by atoms with Gasteiger partial charge in [-0.15, -0.1) is 0 Å². The molecular formula is C10H18N2O2. The smallest absolute Gasteiger partial charge is 0.227 e. The van der Waals surface area contributed by atoms with Gasteiger partial charge in [0.1, 0.15) is 0 Å². The summed E-state index contributed by atoms with van der Waals surface area (Å²) in [6.07, 6.45) is 2.53. The molecular weight excluding hydrogens is 180 g/mol. The lowest BCUT2D eigenvalue weighted by Crippen LogP contribution is -2.42. The first-order valence-corrected chi connectivity index (χ1v) is 5.45. The molecule has 2 heterocycles. The van der Waals surface area contributed by atoms with E-state index in [4.69, 9.17) is 0 Å². The minimum absolute atomic E-state index is 0.147. The Balaban J connectivity index is 1.87. The number of aliphatic hydroxyl groups excluding tert-OH is 1. The highest BCUT2D eigenvalue weighted by molar-refractivity contribution is 5.79. The number of carbonyl (C=O) groups excluding carboxylic acids is 1. The molecule has 2 rings (SSSR count). The summed E-state index contributed by atoms with van der Waals surface area (Å²) in [5.41, 5.74) is 0. The Morgan fingerprint density at radius 2 is 2.29 bits per heavy atom. The van der Waals surface area contributed by atoms with Gasteiger partial charge in [0.2, 0.25) is 5.91 Å². The lowest BCUT2D eigenvalue weighted by atomic mass is 9.98. The Morgan fingerprint density at radius 1 is 1.43 bits per heavy atom. The maximum absolute atomic E-state index is 11.9. The van der Waals surface area contributed by atoms with E-state index in [0.29, 0.717) is 6.54 Å². The van der Waals surface area contributed by atoms with Crippen LogP contribution in [0.4, 0.5) is 0 Å². The number of hydrogen-bond acceptors (Lipinski definition) is 3. The molecule has 0 radical (unpaired) electrons. The van der Waals surface area contributed by atoms with Crippen molar-refractivity contribution in [2.75, 3.05) is 26.2 Å². The quantitative estimate of drug-likeness (QED) is 0.601. The zero-order valence-electron chi connectivity index (χ0n) is 8.41. The summed E-state index contributed by atoms with van der Waals surface area (Å²) in [6.45, 7) is 3.11. The molecule has 2 fully saturated rings. The van der Waals surface area contributed by atoms with Crippen LogP contribution in [0.5, 0.6) is 0 Å². The lowest BCUT2D eigenvalue weighted by Gasteiger charge is -2.26. The summed E-state index contributed by atoms with van der Waals surface area (Å²) >= 11 is 0. The molecule has 4 nitrogen and oxygen atoms in total. The van der Waals surface area contributed by atoms with E-state index in [1.807, 2.05) is 4.90 Å². The molecule has 0 aromatic carbocycles. The summed E-state index contributed by atoms with van der Waals surface area (Å²) in [7, 11) is 0. The number of aliphatic hydroxyl groups is 1. The minimum Gasteiger partial charge on any atom is -0.391 e. The minimum atomic E-state index is -0.296. The average molecular weight is 198 g/mol. The largest absolute Gasteiger partial charge is 0.391 e. The van der Waals surface area contributed by atoms with E-state index in [1.165, 1.54) is 0 Å². The molecule has 2 N–H and O–H groups in total. The van der Waals surface area contributed by atoms with Gasteiger partial charge in [-0.05, 0) is 25.8 Å². The first-order valence-electron chi connectivity index (χ1n) is 5.45. The molecule has 0 aliphatic carbocycles. The number of carbonyl (C=O) groups is 1. The number of piperidine rings is 1. The second-order valence-electron chi connectivity index (χ2n) is 4.27. The first kappa shape index (κ1) is 9.93. The van der Waals surface area contributed by atoms with Gasteiger partial charge in [0.05, 0.1) is 12.0 Å². The molecule has 2 saturated heterocycles. The monoisotopic (exact) mass is 198 g/mol. The number of rotatable bonds is 1. The van der Waals surface area contributed by atoms with Crippen LogP contribution in [0.15, 0.2) is 0 Å². The van der Waals surface area contributed by atoms with Crippen LogP contribution in [0.3, 0.4) is 0 Å². The van der Waals surface area contributed by atoms with E-state index < -0.39 is 0 Å². The number of β-amino-alcohol motifs (C(OH)–C–C–N with tert-alkyl or cyclic N) is 1. The van der Waals surface area contributed by atoms with Crippen molar-refractivity contribution in [1.82, 2.24) is 10.2 Å². The number of amides is 1. The Morgan fingerprint density at radius 3 is 2.86 bits per heavy atom. The van der Waals surface area contributed by atoms with Gasteiger partial charge in [-0.1, -0.05) is 0 Å². The maximum atomic E-state index is 11.9. The zero-order chi connectivity index (χ0) is 9.97. The molecule has 0 aromatic rings. The lowest BCUT2D eigenvalue weighted by molar-refractivity contribution is -0.135. The molecule has 2 atom stereocenters. The fourth-order valence-electron chi connectivity index (χ4n) is 2.26. The Labute approximate surface area is 84.3 Å². The Bertz CT molecular complexity index is 207. The van der Waals surface area contributed by atoms with Crippen LogP contribution in [-0.2, 0) is 4.79 Å². The molecule has 0 aromatic heterocycles. The van der Waals surface area contributed by atoms with Crippen LogP contribution >= 0.6 is 0 Å². The molecule has 4 heteroatoms. The molecule has 2 aliphatic rings. The van der Waals surface area contributed by atoms with Gasteiger partial charge in [0.15, 0.2) is 0 Å². The first-order chi connectivity index (χ1) is 6.77. The van der Waals surface area contributed by atoms with Crippen molar-refractivity contribution >= 4 is 5.91 Å². The molecule has 2 aliphatic heterocycles. The van der Waals surface area contributed by atoms with Crippen LogP contribution in [0, 0.1) is 5.92 Å². The molecule has 0 saturated carbocycles. The van der Waals surface area contributed by atoms with Crippen molar-refractivity contribution < 1.29 is 9.90 Å².